The van der Waals surface area contributed by atoms with E-state index >= 15 is 0 Å². The largest absolute Gasteiger partial charge is 0.267 e. The van der Waals surface area contributed by atoms with E-state index in [4.69, 9.17) is 0 Å². The SMILES string of the molecule is CC(C)(C)c1n2c(c[n+]1-c1ccccc1)CC[C@@H]2C(C)(C)C. The minimum Gasteiger partial charge on any atom is -0.227 e. The molecule has 2 nitrogen and oxygen atoms in total. The number of hydrogen-bond donors (Lipinski definition) is 0. The van der Waals surface area contributed by atoms with Gasteiger partial charge in [0.15, 0.2) is 0 Å². The molecule has 1 aliphatic rings. The van der Waals surface area contributed by atoms with E-state index in [1.165, 1.54) is 30.0 Å². The zero-order chi connectivity index (χ0) is 16.1. The van der Waals surface area contributed by atoms with Crippen molar-refractivity contribution in [1.82, 2.24) is 4.57 Å². The fraction of sp³-hybridized carbons (Fsp3) is 0.550. The molecule has 1 aromatic carbocycles. The Hall–Kier alpha value is -1.57. The Balaban J connectivity index is 2.24. The third-order valence-electron chi connectivity index (χ3n) is 4.73. The van der Waals surface area contributed by atoms with Crippen LogP contribution in [0.3, 0.4) is 0 Å². The number of fused-ring (bicyclic) bond motifs is 1. The maximum Gasteiger partial charge on any atom is 0.267 e. The first kappa shape index (κ1) is 15.3. The van der Waals surface area contributed by atoms with Crippen LogP contribution in [-0.2, 0) is 11.8 Å². The summed E-state index contributed by atoms with van der Waals surface area (Å²) in [4.78, 5) is 0. The highest BCUT2D eigenvalue weighted by atomic mass is 15.2. The first-order chi connectivity index (χ1) is 10.2. The van der Waals surface area contributed by atoms with Crippen LogP contribution in [0.15, 0.2) is 36.5 Å². The number of imidazole rings is 1. The summed E-state index contributed by atoms with van der Waals surface area (Å²) in [6, 6.07) is 11.3. The Morgan fingerprint density at radius 2 is 1.64 bits per heavy atom. The summed E-state index contributed by atoms with van der Waals surface area (Å²) in [6.07, 6.45) is 4.81. The maximum atomic E-state index is 2.63. The molecule has 2 heterocycles. The van der Waals surface area contributed by atoms with Crippen LogP contribution in [0.4, 0.5) is 0 Å². The van der Waals surface area contributed by atoms with E-state index in [1.54, 1.807) is 0 Å². The van der Waals surface area contributed by atoms with Gasteiger partial charge in [-0.05, 0) is 39.3 Å². The molecule has 0 amide bonds. The fourth-order valence-corrected chi connectivity index (χ4v) is 3.80. The minimum absolute atomic E-state index is 0.113. The molecule has 0 unspecified atom stereocenters. The summed E-state index contributed by atoms with van der Waals surface area (Å²) < 4.78 is 5.04. The van der Waals surface area contributed by atoms with Crippen LogP contribution in [-0.4, -0.2) is 4.57 Å². The second-order valence-electron chi connectivity index (χ2n) is 8.69. The summed E-state index contributed by atoms with van der Waals surface area (Å²) in [5.41, 5.74) is 3.15. The number of rotatable bonds is 1. The highest BCUT2D eigenvalue weighted by molar-refractivity contribution is 5.25. The van der Waals surface area contributed by atoms with Crippen molar-refractivity contribution in [3.8, 4) is 5.69 Å². The van der Waals surface area contributed by atoms with Crippen LogP contribution in [0, 0.1) is 5.41 Å². The lowest BCUT2D eigenvalue weighted by Gasteiger charge is -2.28. The molecule has 0 fully saturated rings. The molecule has 0 bridgehead atoms. The van der Waals surface area contributed by atoms with Gasteiger partial charge in [0.05, 0.1) is 5.41 Å². The van der Waals surface area contributed by atoms with Gasteiger partial charge < -0.3 is 0 Å². The quantitative estimate of drug-likeness (QED) is 0.680. The number of aryl methyl sites for hydroxylation is 1. The van der Waals surface area contributed by atoms with Gasteiger partial charge in [0.2, 0.25) is 0 Å². The molecule has 0 radical (unpaired) electrons. The average Bonchev–Trinajstić information content (AvgIpc) is 2.95. The molecular weight excluding hydrogens is 268 g/mol. The van der Waals surface area contributed by atoms with Crippen LogP contribution in [0.1, 0.15) is 65.5 Å². The summed E-state index contributed by atoms with van der Waals surface area (Å²) >= 11 is 0. The first-order valence-electron chi connectivity index (χ1n) is 8.41. The zero-order valence-electron chi connectivity index (χ0n) is 14.9. The number of para-hydroxylation sites is 1. The molecule has 0 aliphatic carbocycles. The van der Waals surface area contributed by atoms with Gasteiger partial charge in [0.25, 0.3) is 5.82 Å². The predicted octanol–water partition coefficient (Wildman–Crippen LogP) is 4.60. The highest BCUT2D eigenvalue weighted by Crippen LogP contribution is 2.42. The second kappa shape index (κ2) is 4.97. The number of aromatic nitrogens is 2. The Kier molecular flexibility index (Phi) is 3.47. The Morgan fingerprint density at radius 3 is 2.18 bits per heavy atom. The van der Waals surface area contributed by atoms with Crippen LogP contribution < -0.4 is 4.57 Å². The lowest BCUT2D eigenvalue weighted by Crippen LogP contribution is -2.42. The fourth-order valence-electron chi connectivity index (χ4n) is 3.80. The zero-order valence-corrected chi connectivity index (χ0v) is 14.9. The van der Waals surface area contributed by atoms with Crippen molar-refractivity contribution < 1.29 is 4.57 Å². The first-order valence-corrected chi connectivity index (χ1v) is 8.41. The molecule has 0 N–H and O–H groups in total. The van der Waals surface area contributed by atoms with Gasteiger partial charge in [0.1, 0.15) is 23.6 Å². The number of nitrogens with zero attached hydrogens (tertiary/aromatic N) is 2. The van der Waals surface area contributed by atoms with Crippen molar-refractivity contribution >= 4 is 0 Å². The molecular formula is C20H29N2+. The molecule has 1 aliphatic heterocycles. The monoisotopic (exact) mass is 297 g/mol. The van der Waals surface area contributed by atoms with Crippen molar-refractivity contribution in [1.29, 1.82) is 0 Å². The van der Waals surface area contributed by atoms with Crippen LogP contribution in [0.25, 0.3) is 5.69 Å². The van der Waals surface area contributed by atoms with Crippen molar-refractivity contribution in [2.24, 2.45) is 5.41 Å². The summed E-state index contributed by atoms with van der Waals surface area (Å²) in [7, 11) is 0. The lowest BCUT2D eigenvalue weighted by atomic mass is 9.84. The van der Waals surface area contributed by atoms with E-state index in [9.17, 15) is 0 Å². The number of hydrogen-bond acceptors (Lipinski definition) is 0. The van der Waals surface area contributed by atoms with Crippen molar-refractivity contribution in [3.63, 3.8) is 0 Å². The third kappa shape index (κ3) is 2.49. The molecule has 2 heteroatoms. The van der Waals surface area contributed by atoms with E-state index < -0.39 is 0 Å². The summed E-state index contributed by atoms with van der Waals surface area (Å²) in [6.45, 7) is 14.1. The van der Waals surface area contributed by atoms with Crippen LogP contribution in [0.5, 0.6) is 0 Å². The third-order valence-corrected chi connectivity index (χ3v) is 4.73. The van der Waals surface area contributed by atoms with Crippen molar-refractivity contribution in [2.75, 3.05) is 0 Å². The molecule has 2 aromatic rings. The standard InChI is InChI=1S/C20H29N2/c1-19(2,3)17-13-12-16-14-21(15-10-8-7-9-11-15)18(22(16)17)20(4,5)6/h7-11,14,17H,12-13H2,1-6H3/q+1/t17-/m1/s1. The van der Waals surface area contributed by atoms with E-state index in [2.05, 4.69) is 87.2 Å². The van der Waals surface area contributed by atoms with E-state index in [0.717, 1.165) is 0 Å². The summed E-state index contributed by atoms with van der Waals surface area (Å²) in [5.74, 6) is 1.42. The molecule has 1 aromatic heterocycles. The van der Waals surface area contributed by atoms with Gasteiger partial charge in [-0.25, -0.2) is 4.57 Å². The number of benzene rings is 1. The van der Waals surface area contributed by atoms with Crippen LogP contribution in [0.2, 0.25) is 0 Å². The Labute approximate surface area is 134 Å². The normalized spacial score (nSPS) is 18.5. The predicted molar refractivity (Wildman–Crippen MR) is 91.5 cm³/mol. The van der Waals surface area contributed by atoms with Gasteiger partial charge in [0, 0.05) is 11.8 Å². The Morgan fingerprint density at radius 1 is 1.00 bits per heavy atom. The smallest absolute Gasteiger partial charge is 0.227 e. The second-order valence-corrected chi connectivity index (χ2v) is 8.69. The minimum atomic E-state index is 0.113. The van der Waals surface area contributed by atoms with Crippen molar-refractivity contribution in [3.05, 3.63) is 48.0 Å². The van der Waals surface area contributed by atoms with Crippen LogP contribution >= 0.6 is 0 Å². The van der Waals surface area contributed by atoms with E-state index in [1.807, 2.05) is 0 Å². The average molecular weight is 297 g/mol. The molecule has 22 heavy (non-hydrogen) atoms. The van der Waals surface area contributed by atoms with Gasteiger partial charge in [-0.3, -0.25) is 0 Å². The topological polar surface area (TPSA) is 8.81 Å². The summed E-state index contributed by atoms with van der Waals surface area (Å²) in [5, 5.41) is 0. The molecule has 1 atom stereocenters. The molecule has 0 saturated heterocycles. The van der Waals surface area contributed by atoms with Crippen molar-refractivity contribution in [2.45, 2.75) is 65.8 Å². The molecule has 0 spiro atoms. The Bertz CT molecular complexity index is 666. The molecule has 118 valence electrons. The van der Waals surface area contributed by atoms with Gasteiger partial charge >= 0.3 is 0 Å². The van der Waals surface area contributed by atoms with E-state index in [-0.39, 0.29) is 5.41 Å². The van der Waals surface area contributed by atoms with E-state index in [0.29, 0.717) is 11.5 Å². The molecule has 0 saturated carbocycles. The highest BCUT2D eigenvalue weighted by Gasteiger charge is 2.44. The van der Waals surface area contributed by atoms with Gasteiger partial charge in [-0.1, -0.05) is 39.0 Å². The van der Waals surface area contributed by atoms with Gasteiger partial charge in [-0.2, -0.15) is 4.57 Å². The van der Waals surface area contributed by atoms with Gasteiger partial charge in [-0.15, -0.1) is 0 Å². The lowest BCUT2D eigenvalue weighted by molar-refractivity contribution is -0.608. The maximum absolute atomic E-state index is 2.63. The molecule has 3 rings (SSSR count).